The second-order valence-corrected chi connectivity index (χ2v) is 6.23. The summed E-state index contributed by atoms with van der Waals surface area (Å²) in [5.74, 6) is 0. The monoisotopic (exact) mass is 190 g/mol. The van der Waals surface area contributed by atoms with E-state index >= 15 is 0 Å². The first kappa shape index (κ1) is 11.9. The number of hydrogen-bond donors (Lipinski definition) is 1. The highest BCUT2D eigenvalue weighted by atomic mass is 31.2. The van der Waals surface area contributed by atoms with Gasteiger partial charge in [-0.05, 0) is 20.3 Å². The fourth-order valence-electron chi connectivity index (χ4n) is 0.779. The fraction of sp³-hybridized carbons (Fsp3) is 0.778. The molecule has 2 nitrogen and oxygen atoms in total. The maximum atomic E-state index is 11.6. The Morgan fingerprint density at radius 1 is 1.58 bits per heavy atom. The van der Waals surface area contributed by atoms with Crippen molar-refractivity contribution in [2.75, 3.05) is 6.16 Å². The van der Waals surface area contributed by atoms with Gasteiger partial charge in [0.2, 0.25) is 7.37 Å². The lowest BCUT2D eigenvalue weighted by Gasteiger charge is -2.15. The summed E-state index contributed by atoms with van der Waals surface area (Å²) >= 11 is 0. The first-order chi connectivity index (χ1) is 5.40. The van der Waals surface area contributed by atoms with Crippen LogP contribution in [0.2, 0.25) is 0 Å². The maximum Gasteiger partial charge on any atom is 0.206 e. The molecule has 1 N–H and O–H groups in total. The molecule has 0 saturated carbocycles. The minimum Gasteiger partial charge on any atom is -0.344 e. The average molecular weight is 190 g/mol. The third-order valence-electron chi connectivity index (χ3n) is 2.04. The molecule has 0 saturated heterocycles. The van der Waals surface area contributed by atoms with Crippen molar-refractivity contribution in [3.8, 4) is 0 Å². The van der Waals surface area contributed by atoms with Crippen LogP contribution in [-0.2, 0) is 4.57 Å². The van der Waals surface area contributed by atoms with Gasteiger partial charge in [0, 0.05) is 11.8 Å². The molecule has 2 unspecified atom stereocenters. The van der Waals surface area contributed by atoms with Crippen LogP contribution in [0.25, 0.3) is 0 Å². The number of hydrogen-bond acceptors (Lipinski definition) is 1. The van der Waals surface area contributed by atoms with Crippen LogP contribution in [0.1, 0.15) is 34.1 Å². The van der Waals surface area contributed by atoms with Crippen molar-refractivity contribution < 1.29 is 9.46 Å². The minimum atomic E-state index is -2.91. The lowest BCUT2D eigenvalue weighted by atomic mass is 10.3. The summed E-state index contributed by atoms with van der Waals surface area (Å²) in [5, 5.41) is 0. The molecule has 0 spiro atoms. The Morgan fingerprint density at radius 3 is 2.42 bits per heavy atom. The van der Waals surface area contributed by atoms with E-state index in [1.807, 2.05) is 33.8 Å². The molecule has 0 amide bonds. The predicted octanol–water partition coefficient (Wildman–Crippen LogP) is 3.02. The molecule has 0 rings (SSSR count). The summed E-state index contributed by atoms with van der Waals surface area (Å²) < 4.78 is 11.6. The molecule has 72 valence electrons. The van der Waals surface area contributed by atoms with Crippen LogP contribution in [0.15, 0.2) is 11.6 Å². The van der Waals surface area contributed by atoms with Gasteiger partial charge in [-0.3, -0.25) is 4.57 Å². The van der Waals surface area contributed by atoms with Crippen LogP contribution in [0.3, 0.4) is 0 Å². The van der Waals surface area contributed by atoms with Crippen molar-refractivity contribution in [3.05, 3.63) is 11.6 Å². The molecule has 0 heterocycles. The summed E-state index contributed by atoms with van der Waals surface area (Å²) in [6, 6.07) is 0. The topological polar surface area (TPSA) is 37.3 Å². The van der Waals surface area contributed by atoms with E-state index < -0.39 is 7.37 Å². The molecular formula is C9H19O2P. The van der Waals surface area contributed by atoms with Gasteiger partial charge in [-0.25, -0.2) is 0 Å². The zero-order valence-electron chi connectivity index (χ0n) is 8.37. The Labute approximate surface area is 75.1 Å². The van der Waals surface area contributed by atoms with E-state index in [0.717, 1.165) is 12.0 Å². The van der Waals surface area contributed by atoms with E-state index in [2.05, 4.69) is 0 Å². The molecule has 12 heavy (non-hydrogen) atoms. The molecule has 0 aromatic carbocycles. The number of rotatable bonds is 4. The molecule has 3 heteroatoms. The molecule has 2 atom stereocenters. The van der Waals surface area contributed by atoms with Crippen molar-refractivity contribution in [3.63, 3.8) is 0 Å². The smallest absolute Gasteiger partial charge is 0.206 e. The lowest BCUT2D eigenvalue weighted by Crippen LogP contribution is -2.03. The minimum absolute atomic E-state index is 0.0758. The molecule has 0 bridgehead atoms. The second kappa shape index (κ2) is 4.84. The van der Waals surface area contributed by atoms with Crippen LogP contribution in [0.5, 0.6) is 0 Å². The largest absolute Gasteiger partial charge is 0.344 e. The number of allylic oxidation sites excluding steroid dienone is 2. The summed E-state index contributed by atoms with van der Waals surface area (Å²) in [4.78, 5) is 9.54. The van der Waals surface area contributed by atoms with Crippen LogP contribution in [0, 0.1) is 0 Å². The molecule has 0 radical (unpaired) electrons. The van der Waals surface area contributed by atoms with E-state index in [9.17, 15) is 9.46 Å². The van der Waals surface area contributed by atoms with E-state index in [-0.39, 0.29) is 5.66 Å². The normalized spacial score (nSPS) is 18.1. The van der Waals surface area contributed by atoms with Crippen molar-refractivity contribution in [2.24, 2.45) is 0 Å². The molecule has 0 aromatic heterocycles. The molecule has 0 fully saturated rings. The highest BCUT2D eigenvalue weighted by Crippen LogP contribution is 2.47. The zero-order valence-corrected chi connectivity index (χ0v) is 9.27. The van der Waals surface area contributed by atoms with Gasteiger partial charge in [0.25, 0.3) is 0 Å². The van der Waals surface area contributed by atoms with Crippen molar-refractivity contribution >= 4 is 7.37 Å². The summed E-state index contributed by atoms with van der Waals surface area (Å²) in [6.45, 7) is 7.66. The quantitative estimate of drug-likeness (QED) is 0.546. The van der Waals surface area contributed by atoms with E-state index in [1.54, 1.807) is 0 Å². The Kier molecular flexibility index (Phi) is 4.81. The molecule has 0 aliphatic rings. The highest BCUT2D eigenvalue weighted by molar-refractivity contribution is 7.58. The summed E-state index contributed by atoms with van der Waals surface area (Å²) in [6.07, 6.45) is 2.93. The van der Waals surface area contributed by atoms with Crippen molar-refractivity contribution in [2.45, 2.75) is 39.8 Å². The first-order valence-corrected chi connectivity index (χ1v) is 6.26. The zero-order chi connectivity index (χ0) is 9.78. The molecule has 0 aromatic rings. The fourth-order valence-corrected chi connectivity index (χ4v) is 2.34. The van der Waals surface area contributed by atoms with Crippen molar-refractivity contribution in [1.82, 2.24) is 0 Å². The van der Waals surface area contributed by atoms with Gasteiger partial charge in [0.15, 0.2) is 0 Å². The van der Waals surface area contributed by atoms with Gasteiger partial charge in [-0.15, -0.1) is 0 Å². The Balaban J connectivity index is 4.23. The Hall–Kier alpha value is -0.0700. The van der Waals surface area contributed by atoms with E-state index in [0.29, 0.717) is 6.16 Å². The lowest BCUT2D eigenvalue weighted by molar-refractivity contribution is 0.467. The van der Waals surface area contributed by atoms with Crippen LogP contribution in [0.4, 0.5) is 0 Å². The van der Waals surface area contributed by atoms with Crippen molar-refractivity contribution in [1.29, 1.82) is 0 Å². The van der Waals surface area contributed by atoms with Gasteiger partial charge in [0.1, 0.15) is 0 Å². The van der Waals surface area contributed by atoms with Crippen LogP contribution in [-0.4, -0.2) is 16.7 Å². The maximum absolute atomic E-state index is 11.6. The van der Waals surface area contributed by atoms with Gasteiger partial charge >= 0.3 is 0 Å². The molecular weight excluding hydrogens is 171 g/mol. The van der Waals surface area contributed by atoms with Gasteiger partial charge in [0.05, 0.1) is 0 Å². The van der Waals surface area contributed by atoms with E-state index in [1.165, 1.54) is 0 Å². The van der Waals surface area contributed by atoms with Gasteiger partial charge in [-0.2, -0.15) is 0 Å². The SMILES string of the molecule is CCC(C)P(=O)(O)CC=C(C)C. The van der Waals surface area contributed by atoms with Crippen LogP contribution >= 0.6 is 7.37 Å². The predicted molar refractivity (Wildman–Crippen MR) is 53.9 cm³/mol. The molecule has 0 aliphatic heterocycles. The third-order valence-corrected chi connectivity index (χ3v) is 4.49. The van der Waals surface area contributed by atoms with Gasteiger partial charge < -0.3 is 4.89 Å². The van der Waals surface area contributed by atoms with E-state index in [4.69, 9.17) is 0 Å². The standard InChI is InChI=1S/C9H19O2P/c1-5-9(4)12(10,11)7-6-8(2)3/h6,9H,5,7H2,1-4H3,(H,10,11). The third kappa shape index (κ3) is 4.08. The molecule has 0 aliphatic carbocycles. The Bertz CT molecular complexity index is 205. The van der Waals surface area contributed by atoms with Crippen LogP contribution < -0.4 is 0 Å². The second-order valence-electron chi connectivity index (χ2n) is 3.48. The average Bonchev–Trinajstić information content (AvgIpc) is 1.99. The van der Waals surface area contributed by atoms with Gasteiger partial charge in [-0.1, -0.05) is 25.5 Å². The Morgan fingerprint density at radius 2 is 2.08 bits per heavy atom. The first-order valence-electron chi connectivity index (χ1n) is 4.35. The summed E-state index contributed by atoms with van der Waals surface area (Å²) in [7, 11) is -2.91. The highest BCUT2D eigenvalue weighted by Gasteiger charge is 2.23. The summed E-state index contributed by atoms with van der Waals surface area (Å²) in [5.41, 5.74) is 1.03.